The van der Waals surface area contributed by atoms with Crippen molar-refractivity contribution in [3.8, 4) is 0 Å². The number of likely N-dealkylation sites (tertiary alicyclic amines) is 1. The molecule has 1 fully saturated rings. The highest BCUT2D eigenvalue weighted by molar-refractivity contribution is 5.77. The Hall–Kier alpha value is -1.26. The zero-order valence-corrected chi connectivity index (χ0v) is 13.3. The Morgan fingerprint density at radius 1 is 1.20 bits per heavy atom. The summed E-state index contributed by atoms with van der Waals surface area (Å²) < 4.78 is 10.6. The highest BCUT2D eigenvalue weighted by Crippen LogP contribution is 2.33. The van der Waals surface area contributed by atoms with Crippen LogP contribution in [0, 0.1) is 5.41 Å². The number of esters is 1. The standard InChI is InChI=1S/C15H27NO4/c1-6-14(3,4)20-13(18)16-10-8-15(5,9-11-16)12(17)19-7-2/h6-11H2,1-5H3. The summed E-state index contributed by atoms with van der Waals surface area (Å²) in [5.74, 6) is -0.165. The number of carbonyl (C=O) groups excluding carboxylic acids is 2. The third-order valence-corrected chi connectivity index (χ3v) is 4.11. The molecule has 116 valence electrons. The van der Waals surface area contributed by atoms with Crippen molar-refractivity contribution < 1.29 is 19.1 Å². The Bertz CT molecular complexity index is 357. The lowest BCUT2D eigenvalue weighted by molar-refractivity contribution is -0.157. The minimum atomic E-state index is -0.479. The van der Waals surface area contributed by atoms with E-state index in [9.17, 15) is 9.59 Å². The van der Waals surface area contributed by atoms with Crippen molar-refractivity contribution in [3.63, 3.8) is 0 Å². The third kappa shape index (κ3) is 4.12. The first kappa shape index (κ1) is 16.8. The maximum absolute atomic E-state index is 12.1. The van der Waals surface area contributed by atoms with Gasteiger partial charge in [0.25, 0.3) is 0 Å². The molecule has 0 N–H and O–H groups in total. The SMILES string of the molecule is CCOC(=O)C1(C)CCN(C(=O)OC(C)(C)CC)CC1. The molecule has 20 heavy (non-hydrogen) atoms. The maximum atomic E-state index is 12.1. The number of rotatable bonds is 4. The van der Waals surface area contributed by atoms with Crippen LogP contribution in [0.3, 0.4) is 0 Å². The van der Waals surface area contributed by atoms with Crippen LogP contribution in [-0.4, -0.2) is 42.3 Å². The number of ether oxygens (including phenoxy) is 2. The van der Waals surface area contributed by atoms with Gasteiger partial charge in [-0.25, -0.2) is 4.79 Å². The minimum Gasteiger partial charge on any atom is -0.466 e. The van der Waals surface area contributed by atoms with Gasteiger partial charge >= 0.3 is 12.1 Å². The van der Waals surface area contributed by atoms with Crippen molar-refractivity contribution in [1.82, 2.24) is 4.90 Å². The van der Waals surface area contributed by atoms with E-state index in [0.29, 0.717) is 32.5 Å². The summed E-state index contributed by atoms with van der Waals surface area (Å²) in [6.07, 6.45) is 1.72. The van der Waals surface area contributed by atoms with Crippen molar-refractivity contribution in [1.29, 1.82) is 0 Å². The van der Waals surface area contributed by atoms with Gasteiger partial charge in [0.15, 0.2) is 0 Å². The Balaban J connectivity index is 2.53. The van der Waals surface area contributed by atoms with E-state index in [0.717, 1.165) is 6.42 Å². The van der Waals surface area contributed by atoms with Crippen LogP contribution in [-0.2, 0) is 14.3 Å². The lowest BCUT2D eigenvalue weighted by Crippen LogP contribution is -2.47. The van der Waals surface area contributed by atoms with E-state index in [2.05, 4.69) is 0 Å². The molecule has 0 aromatic carbocycles. The van der Waals surface area contributed by atoms with Crippen LogP contribution in [0.4, 0.5) is 4.79 Å². The molecule has 0 spiro atoms. The van der Waals surface area contributed by atoms with Gasteiger partial charge in [-0.05, 0) is 47.0 Å². The van der Waals surface area contributed by atoms with E-state index in [1.165, 1.54) is 0 Å². The van der Waals surface area contributed by atoms with Crippen LogP contribution in [0.5, 0.6) is 0 Å². The average molecular weight is 285 g/mol. The number of amides is 1. The van der Waals surface area contributed by atoms with Gasteiger partial charge in [-0.3, -0.25) is 4.79 Å². The average Bonchev–Trinajstić information content (AvgIpc) is 2.39. The van der Waals surface area contributed by atoms with Crippen molar-refractivity contribution in [2.45, 2.75) is 59.5 Å². The molecule has 0 aliphatic carbocycles. The number of hydrogen-bond acceptors (Lipinski definition) is 4. The molecule has 0 aromatic rings. The van der Waals surface area contributed by atoms with Crippen molar-refractivity contribution >= 4 is 12.1 Å². The molecule has 1 aliphatic heterocycles. The first-order valence-corrected chi connectivity index (χ1v) is 7.39. The zero-order chi connectivity index (χ0) is 15.4. The summed E-state index contributed by atoms with van der Waals surface area (Å²) in [6, 6.07) is 0. The molecule has 1 rings (SSSR count). The van der Waals surface area contributed by atoms with Gasteiger partial charge in [-0.1, -0.05) is 6.92 Å². The predicted octanol–water partition coefficient (Wildman–Crippen LogP) is 2.98. The Morgan fingerprint density at radius 2 is 1.75 bits per heavy atom. The Labute approximate surface area is 121 Å². The molecule has 5 heteroatoms. The van der Waals surface area contributed by atoms with E-state index < -0.39 is 11.0 Å². The molecule has 0 aromatic heterocycles. The van der Waals surface area contributed by atoms with Gasteiger partial charge in [0.05, 0.1) is 12.0 Å². The number of hydrogen-bond donors (Lipinski definition) is 0. The quantitative estimate of drug-likeness (QED) is 0.745. The molecule has 1 saturated heterocycles. The Morgan fingerprint density at radius 3 is 2.20 bits per heavy atom. The van der Waals surface area contributed by atoms with Crippen LogP contribution >= 0.6 is 0 Å². The van der Waals surface area contributed by atoms with Crippen molar-refractivity contribution in [2.24, 2.45) is 5.41 Å². The fourth-order valence-electron chi connectivity index (χ4n) is 2.07. The fourth-order valence-corrected chi connectivity index (χ4v) is 2.07. The van der Waals surface area contributed by atoms with Gasteiger partial charge < -0.3 is 14.4 Å². The summed E-state index contributed by atoms with van der Waals surface area (Å²) in [5, 5.41) is 0. The molecular formula is C15H27NO4. The number of nitrogens with zero attached hydrogens (tertiary/aromatic N) is 1. The fraction of sp³-hybridized carbons (Fsp3) is 0.867. The molecule has 1 amide bonds. The lowest BCUT2D eigenvalue weighted by atomic mass is 9.80. The van der Waals surface area contributed by atoms with Gasteiger partial charge in [-0.15, -0.1) is 0 Å². The van der Waals surface area contributed by atoms with Crippen LogP contribution in [0.25, 0.3) is 0 Å². The summed E-state index contributed by atoms with van der Waals surface area (Å²) in [6.45, 7) is 11.0. The molecule has 0 saturated carbocycles. The lowest BCUT2D eigenvalue weighted by Gasteiger charge is -2.38. The highest BCUT2D eigenvalue weighted by atomic mass is 16.6. The summed E-state index contributed by atoms with van der Waals surface area (Å²) >= 11 is 0. The van der Waals surface area contributed by atoms with Crippen molar-refractivity contribution in [3.05, 3.63) is 0 Å². The zero-order valence-electron chi connectivity index (χ0n) is 13.3. The molecule has 0 unspecified atom stereocenters. The molecule has 1 heterocycles. The smallest absolute Gasteiger partial charge is 0.410 e. The van der Waals surface area contributed by atoms with Crippen LogP contribution in [0.2, 0.25) is 0 Å². The van der Waals surface area contributed by atoms with E-state index in [1.54, 1.807) is 11.8 Å². The number of piperidine rings is 1. The predicted molar refractivity (Wildman–Crippen MR) is 76.4 cm³/mol. The first-order chi connectivity index (χ1) is 9.24. The molecule has 5 nitrogen and oxygen atoms in total. The second-order valence-electron chi connectivity index (χ2n) is 6.25. The maximum Gasteiger partial charge on any atom is 0.410 e. The number of carbonyl (C=O) groups is 2. The van der Waals surface area contributed by atoms with Crippen LogP contribution in [0.15, 0.2) is 0 Å². The molecule has 1 aliphatic rings. The monoisotopic (exact) mass is 285 g/mol. The van der Waals surface area contributed by atoms with Gasteiger partial charge in [0.1, 0.15) is 5.60 Å². The van der Waals surface area contributed by atoms with E-state index >= 15 is 0 Å². The largest absolute Gasteiger partial charge is 0.466 e. The third-order valence-electron chi connectivity index (χ3n) is 4.11. The van der Waals surface area contributed by atoms with E-state index in [1.807, 2.05) is 27.7 Å². The van der Waals surface area contributed by atoms with E-state index in [-0.39, 0.29) is 12.1 Å². The van der Waals surface area contributed by atoms with E-state index in [4.69, 9.17) is 9.47 Å². The van der Waals surface area contributed by atoms with Crippen LogP contribution < -0.4 is 0 Å². The topological polar surface area (TPSA) is 55.8 Å². The van der Waals surface area contributed by atoms with Gasteiger partial charge in [-0.2, -0.15) is 0 Å². The summed E-state index contributed by atoms with van der Waals surface area (Å²) in [7, 11) is 0. The normalized spacial score (nSPS) is 18.6. The molecule has 0 radical (unpaired) electrons. The molecular weight excluding hydrogens is 258 g/mol. The van der Waals surface area contributed by atoms with Crippen LogP contribution in [0.1, 0.15) is 53.9 Å². The van der Waals surface area contributed by atoms with Crippen molar-refractivity contribution in [2.75, 3.05) is 19.7 Å². The summed E-state index contributed by atoms with van der Waals surface area (Å²) in [5.41, 5.74) is -0.925. The first-order valence-electron chi connectivity index (χ1n) is 7.39. The van der Waals surface area contributed by atoms with Gasteiger partial charge in [0, 0.05) is 13.1 Å². The Kier molecular flexibility index (Phi) is 5.42. The summed E-state index contributed by atoms with van der Waals surface area (Å²) in [4.78, 5) is 25.7. The molecule has 0 atom stereocenters. The van der Waals surface area contributed by atoms with Gasteiger partial charge in [0.2, 0.25) is 0 Å². The highest BCUT2D eigenvalue weighted by Gasteiger charge is 2.40. The second kappa shape index (κ2) is 6.46. The molecule has 0 bridgehead atoms. The second-order valence-corrected chi connectivity index (χ2v) is 6.25. The minimum absolute atomic E-state index is 0.165.